The highest BCUT2D eigenvalue weighted by molar-refractivity contribution is 6.02. The summed E-state index contributed by atoms with van der Waals surface area (Å²) >= 11 is 0. The van der Waals surface area contributed by atoms with Crippen molar-refractivity contribution >= 4 is 11.6 Å². The summed E-state index contributed by atoms with van der Waals surface area (Å²) in [7, 11) is 0. The summed E-state index contributed by atoms with van der Waals surface area (Å²) in [5, 5.41) is 2.93. The molecule has 0 spiro atoms. The molecule has 1 heterocycles. The molecule has 1 atom stereocenters. The fraction of sp³-hybridized carbons (Fsp3) is 0.533. The van der Waals surface area contributed by atoms with Gasteiger partial charge >= 0.3 is 0 Å². The van der Waals surface area contributed by atoms with E-state index in [0.717, 1.165) is 11.3 Å². The van der Waals surface area contributed by atoms with Gasteiger partial charge in [0.25, 0.3) is 0 Å². The van der Waals surface area contributed by atoms with Gasteiger partial charge in [-0.05, 0) is 37.0 Å². The van der Waals surface area contributed by atoms with E-state index in [0.29, 0.717) is 6.54 Å². The molecule has 3 heteroatoms. The summed E-state index contributed by atoms with van der Waals surface area (Å²) < 4.78 is 0. The van der Waals surface area contributed by atoms with Crippen LogP contribution >= 0.6 is 0 Å². The van der Waals surface area contributed by atoms with Crippen LogP contribution < -0.4 is 11.1 Å². The second-order valence-electron chi connectivity index (χ2n) is 5.70. The quantitative estimate of drug-likeness (QED) is 0.840. The topological polar surface area (TPSA) is 55.1 Å². The second-order valence-corrected chi connectivity index (χ2v) is 5.70. The molecule has 0 radical (unpaired) electrons. The standard InChI is InChI=1S/C15H20N2O/c1-10-12-8-11(4-5-13(12)17-14(10)18)15(9-16)6-2-3-7-15/h4-5,8,10H,2-3,6-7,9,16H2,1H3,(H,17,18). The van der Waals surface area contributed by atoms with Crippen molar-refractivity contribution in [2.75, 3.05) is 11.9 Å². The first-order chi connectivity index (χ1) is 8.66. The maximum atomic E-state index is 11.7. The van der Waals surface area contributed by atoms with Gasteiger partial charge in [0, 0.05) is 17.6 Å². The number of carbonyl (C=O) groups excluding carboxylic acids is 1. The SMILES string of the molecule is CC1C(=O)Nc2ccc(C3(CN)CCCC3)cc21. The van der Waals surface area contributed by atoms with Crippen molar-refractivity contribution in [2.45, 2.75) is 43.9 Å². The van der Waals surface area contributed by atoms with E-state index < -0.39 is 0 Å². The molecule has 3 rings (SSSR count). The van der Waals surface area contributed by atoms with Crippen LogP contribution in [0.4, 0.5) is 5.69 Å². The highest BCUT2D eigenvalue weighted by Crippen LogP contribution is 2.43. The van der Waals surface area contributed by atoms with Crippen LogP contribution in [0, 0.1) is 0 Å². The van der Waals surface area contributed by atoms with Gasteiger partial charge in [0.1, 0.15) is 0 Å². The number of benzene rings is 1. The molecular formula is C15H20N2O. The van der Waals surface area contributed by atoms with E-state index in [4.69, 9.17) is 5.73 Å². The molecular weight excluding hydrogens is 224 g/mol. The second kappa shape index (κ2) is 4.09. The number of hydrogen-bond acceptors (Lipinski definition) is 2. The zero-order valence-corrected chi connectivity index (χ0v) is 10.8. The van der Waals surface area contributed by atoms with Crippen molar-refractivity contribution in [2.24, 2.45) is 5.73 Å². The number of nitrogens with two attached hydrogens (primary N) is 1. The lowest BCUT2D eigenvalue weighted by Crippen LogP contribution is -2.32. The van der Waals surface area contributed by atoms with Gasteiger partial charge in [-0.25, -0.2) is 0 Å². The Hall–Kier alpha value is -1.35. The molecule has 2 aliphatic rings. The molecule has 96 valence electrons. The molecule has 1 aromatic carbocycles. The molecule has 1 aliphatic carbocycles. The van der Waals surface area contributed by atoms with Gasteiger partial charge < -0.3 is 11.1 Å². The van der Waals surface area contributed by atoms with Crippen molar-refractivity contribution in [1.82, 2.24) is 0 Å². The highest BCUT2D eigenvalue weighted by Gasteiger charge is 2.36. The fourth-order valence-corrected chi connectivity index (χ4v) is 3.41. The molecule has 1 amide bonds. The van der Waals surface area contributed by atoms with Gasteiger partial charge in [-0.1, -0.05) is 25.0 Å². The number of rotatable bonds is 2. The molecule has 3 nitrogen and oxygen atoms in total. The molecule has 0 saturated heterocycles. The summed E-state index contributed by atoms with van der Waals surface area (Å²) in [5.74, 6) is 0.0755. The van der Waals surface area contributed by atoms with Crippen LogP contribution in [0.5, 0.6) is 0 Å². The summed E-state index contributed by atoms with van der Waals surface area (Å²) in [6, 6.07) is 6.40. The van der Waals surface area contributed by atoms with E-state index in [1.807, 2.05) is 13.0 Å². The molecule has 0 bridgehead atoms. The van der Waals surface area contributed by atoms with Gasteiger partial charge in [-0.3, -0.25) is 4.79 Å². The first-order valence-corrected chi connectivity index (χ1v) is 6.82. The lowest BCUT2D eigenvalue weighted by atomic mass is 9.78. The average molecular weight is 244 g/mol. The zero-order valence-electron chi connectivity index (χ0n) is 10.8. The summed E-state index contributed by atoms with van der Waals surface area (Å²) in [6.07, 6.45) is 4.89. The van der Waals surface area contributed by atoms with Crippen LogP contribution in [0.15, 0.2) is 18.2 Å². The van der Waals surface area contributed by atoms with Gasteiger partial charge in [0.15, 0.2) is 0 Å². The first kappa shape index (κ1) is 11.7. The summed E-state index contributed by atoms with van der Waals surface area (Å²) in [4.78, 5) is 11.7. The molecule has 1 aliphatic heterocycles. The third-order valence-corrected chi connectivity index (χ3v) is 4.73. The Bertz CT molecular complexity index is 489. The van der Waals surface area contributed by atoms with Gasteiger partial charge in [0.2, 0.25) is 5.91 Å². The third kappa shape index (κ3) is 1.57. The molecule has 0 aromatic heterocycles. The molecule has 1 saturated carbocycles. The van der Waals surface area contributed by atoms with E-state index in [9.17, 15) is 4.79 Å². The largest absolute Gasteiger partial charge is 0.330 e. The first-order valence-electron chi connectivity index (χ1n) is 6.82. The van der Waals surface area contributed by atoms with Gasteiger partial charge in [-0.2, -0.15) is 0 Å². The van der Waals surface area contributed by atoms with E-state index in [1.54, 1.807) is 0 Å². The zero-order chi connectivity index (χ0) is 12.8. The van der Waals surface area contributed by atoms with Crippen LogP contribution in [0.2, 0.25) is 0 Å². The predicted molar refractivity (Wildman–Crippen MR) is 72.7 cm³/mol. The van der Waals surface area contributed by atoms with Crippen LogP contribution in [0.25, 0.3) is 0 Å². The number of anilines is 1. The molecule has 18 heavy (non-hydrogen) atoms. The highest BCUT2D eigenvalue weighted by atomic mass is 16.2. The number of fused-ring (bicyclic) bond motifs is 1. The Morgan fingerprint density at radius 3 is 2.78 bits per heavy atom. The molecule has 3 N–H and O–H groups in total. The fourth-order valence-electron chi connectivity index (χ4n) is 3.41. The lowest BCUT2D eigenvalue weighted by Gasteiger charge is -2.28. The van der Waals surface area contributed by atoms with Crippen LogP contribution in [0.3, 0.4) is 0 Å². The maximum Gasteiger partial charge on any atom is 0.231 e. The smallest absolute Gasteiger partial charge is 0.231 e. The molecule has 1 fully saturated rings. The van der Waals surface area contributed by atoms with Crippen molar-refractivity contribution < 1.29 is 4.79 Å². The van der Waals surface area contributed by atoms with Crippen LogP contribution in [0.1, 0.15) is 49.7 Å². The number of hydrogen-bond donors (Lipinski definition) is 2. The predicted octanol–water partition coefficient (Wildman–Crippen LogP) is 2.51. The minimum atomic E-state index is -0.0313. The monoisotopic (exact) mass is 244 g/mol. The van der Waals surface area contributed by atoms with Crippen molar-refractivity contribution in [3.8, 4) is 0 Å². The Balaban J connectivity index is 2.03. The Kier molecular flexibility index (Phi) is 2.67. The van der Waals surface area contributed by atoms with Gasteiger partial charge in [-0.15, -0.1) is 0 Å². The van der Waals surface area contributed by atoms with E-state index in [-0.39, 0.29) is 17.2 Å². The molecule has 1 unspecified atom stereocenters. The Labute approximate surface area is 108 Å². The summed E-state index contributed by atoms with van der Waals surface area (Å²) in [6.45, 7) is 2.68. The van der Waals surface area contributed by atoms with Crippen molar-refractivity contribution in [3.63, 3.8) is 0 Å². The number of amides is 1. The van der Waals surface area contributed by atoms with E-state index >= 15 is 0 Å². The third-order valence-electron chi connectivity index (χ3n) is 4.73. The minimum Gasteiger partial charge on any atom is -0.330 e. The van der Waals surface area contributed by atoms with Gasteiger partial charge in [0.05, 0.1) is 5.92 Å². The average Bonchev–Trinajstić information content (AvgIpc) is 2.97. The Morgan fingerprint density at radius 2 is 2.11 bits per heavy atom. The van der Waals surface area contributed by atoms with Crippen LogP contribution in [-0.2, 0) is 10.2 Å². The van der Waals surface area contributed by atoms with Crippen molar-refractivity contribution in [3.05, 3.63) is 29.3 Å². The van der Waals surface area contributed by atoms with E-state index in [2.05, 4.69) is 17.4 Å². The normalized spacial score (nSPS) is 25.0. The van der Waals surface area contributed by atoms with Crippen LogP contribution in [-0.4, -0.2) is 12.5 Å². The molecule has 1 aromatic rings. The summed E-state index contributed by atoms with van der Waals surface area (Å²) in [5.41, 5.74) is 9.61. The van der Waals surface area contributed by atoms with E-state index in [1.165, 1.54) is 31.2 Å². The van der Waals surface area contributed by atoms with Crippen molar-refractivity contribution in [1.29, 1.82) is 0 Å². The maximum absolute atomic E-state index is 11.7. The number of nitrogens with one attached hydrogen (secondary N) is 1. The number of carbonyl (C=O) groups is 1. The lowest BCUT2D eigenvalue weighted by molar-refractivity contribution is -0.116. The minimum absolute atomic E-state index is 0.0313. The Morgan fingerprint density at radius 1 is 1.39 bits per heavy atom.